The fourth-order valence-electron chi connectivity index (χ4n) is 4.54. The van der Waals surface area contributed by atoms with Crippen LogP contribution in [0.1, 0.15) is 55.4 Å². The molecule has 0 aliphatic carbocycles. The molecule has 0 fully saturated rings. The Kier molecular flexibility index (Phi) is 11.4. The number of amides is 2. The molecule has 0 radical (unpaired) electrons. The number of benzene rings is 3. The van der Waals surface area contributed by atoms with Crippen LogP contribution in [0.3, 0.4) is 0 Å². The molecule has 0 aliphatic rings. The molecule has 3 aromatic carbocycles. The van der Waals surface area contributed by atoms with Crippen LogP contribution in [0.15, 0.2) is 71.6 Å². The van der Waals surface area contributed by atoms with Crippen LogP contribution in [0.5, 0.6) is 0 Å². The summed E-state index contributed by atoms with van der Waals surface area (Å²) in [5, 5.41) is 3.36. The van der Waals surface area contributed by atoms with Gasteiger partial charge in [0.05, 0.1) is 10.6 Å². The lowest BCUT2D eigenvalue weighted by atomic mass is 10.1. The van der Waals surface area contributed by atoms with Crippen LogP contribution in [-0.2, 0) is 26.2 Å². The summed E-state index contributed by atoms with van der Waals surface area (Å²) in [7, 11) is -4.15. The topological polar surface area (TPSA) is 86.8 Å². The Morgan fingerprint density at radius 2 is 1.59 bits per heavy atom. The maximum atomic E-state index is 14.2. The first-order chi connectivity index (χ1) is 19.5. The third-order valence-corrected chi connectivity index (χ3v) is 9.32. The Labute approximate surface area is 249 Å². The van der Waals surface area contributed by atoms with E-state index in [9.17, 15) is 18.0 Å². The predicted molar refractivity (Wildman–Crippen MR) is 166 cm³/mol. The minimum absolute atomic E-state index is 0.0164. The van der Waals surface area contributed by atoms with E-state index in [-0.39, 0.29) is 17.3 Å². The molecule has 9 heteroatoms. The first-order valence-electron chi connectivity index (χ1n) is 14.0. The number of anilines is 1. The molecule has 0 aromatic heterocycles. The lowest BCUT2D eigenvalue weighted by molar-refractivity contribution is -0.140. The van der Waals surface area contributed by atoms with E-state index in [2.05, 4.69) is 5.32 Å². The van der Waals surface area contributed by atoms with Crippen LogP contribution in [0.2, 0.25) is 5.02 Å². The number of carbonyl (C=O) groups excluding carboxylic acids is 2. The number of unbranched alkanes of at least 4 members (excludes halogenated alkanes) is 1. The Bertz CT molecular complexity index is 1460. The molecule has 1 unspecified atom stereocenters. The van der Waals surface area contributed by atoms with Gasteiger partial charge in [-0.15, -0.1) is 0 Å². The van der Waals surface area contributed by atoms with Crippen molar-refractivity contribution in [3.05, 3.63) is 94.0 Å². The fraction of sp³-hybridized carbons (Fsp3) is 0.375. The maximum Gasteiger partial charge on any atom is 0.264 e. The van der Waals surface area contributed by atoms with Crippen molar-refractivity contribution in [2.75, 3.05) is 17.4 Å². The summed E-state index contributed by atoms with van der Waals surface area (Å²) in [6, 6.07) is 18.1. The number of rotatable bonds is 13. The van der Waals surface area contributed by atoms with Gasteiger partial charge < -0.3 is 10.2 Å². The minimum atomic E-state index is -4.15. The molecule has 220 valence electrons. The SMILES string of the molecule is CCCCNC(=O)C(CC)N(Cc1ccccc1C)C(=O)CN(c1ccc(C)c(C)c1)S(=O)(=O)c1ccc(Cl)cc1. The van der Waals surface area contributed by atoms with Gasteiger partial charge in [0.1, 0.15) is 12.6 Å². The van der Waals surface area contributed by atoms with E-state index in [1.807, 2.05) is 65.0 Å². The van der Waals surface area contributed by atoms with Gasteiger partial charge in [0.25, 0.3) is 10.0 Å². The third-order valence-electron chi connectivity index (χ3n) is 7.28. The number of aryl methyl sites for hydroxylation is 3. The molecule has 0 aliphatic heterocycles. The van der Waals surface area contributed by atoms with E-state index in [4.69, 9.17) is 11.6 Å². The van der Waals surface area contributed by atoms with Crippen molar-refractivity contribution in [2.24, 2.45) is 0 Å². The van der Waals surface area contributed by atoms with Crippen LogP contribution in [0, 0.1) is 20.8 Å². The van der Waals surface area contributed by atoms with Gasteiger partial charge in [0.15, 0.2) is 0 Å². The lowest BCUT2D eigenvalue weighted by Crippen LogP contribution is -2.52. The Morgan fingerprint density at radius 3 is 2.20 bits per heavy atom. The van der Waals surface area contributed by atoms with Crippen molar-refractivity contribution >= 4 is 39.1 Å². The predicted octanol–water partition coefficient (Wildman–Crippen LogP) is 6.18. The largest absolute Gasteiger partial charge is 0.354 e. The van der Waals surface area contributed by atoms with E-state index in [1.54, 1.807) is 12.1 Å². The number of sulfonamides is 1. The van der Waals surface area contributed by atoms with E-state index in [0.717, 1.165) is 39.4 Å². The van der Waals surface area contributed by atoms with Crippen molar-refractivity contribution in [2.45, 2.75) is 71.4 Å². The molecular formula is C32H40ClN3O4S. The average molecular weight is 598 g/mol. The minimum Gasteiger partial charge on any atom is -0.354 e. The van der Waals surface area contributed by atoms with Crippen molar-refractivity contribution in [3.63, 3.8) is 0 Å². The summed E-state index contributed by atoms with van der Waals surface area (Å²) in [4.78, 5) is 29.0. The van der Waals surface area contributed by atoms with Gasteiger partial charge in [-0.2, -0.15) is 0 Å². The van der Waals surface area contributed by atoms with Crippen molar-refractivity contribution in [1.82, 2.24) is 10.2 Å². The number of nitrogens with one attached hydrogen (secondary N) is 1. The van der Waals surface area contributed by atoms with Crippen molar-refractivity contribution in [1.29, 1.82) is 0 Å². The molecule has 2 amide bonds. The molecule has 1 N–H and O–H groups in total. The number of carbonyl (C=O) groups is 2. The second-order valence-corrected chi connectivity index (χ2v) is 12.5. The molecule has 3 rings (SSSR count). The smallest absolute Gasteiger partial charge is 0.264 e. The van der Waals surface area contributed by atoms with Crippen LogP contribution >= 0.6 is 11.6 Å². The highest BCUT2D eigenvalue weighted by molar-refractivity contribution is 7.92. The highest BCUT2D eigenvalue weighted by Crippen LogP contribution is 2.27. The van der Waals surface area contributed by atoms with E-state index in [1.165, 1.54) is 29.2 Å². The highest BCUT2D eigenvalue weighted by Gasteiger charge is 2.34. The van der Waals surface area contributed by atoms with Crippen LogP contribution < -0.4 is 9.62 Å². The fourth-order valence-corrected chi connectivity index (χ4v) is 6.07. The van der Waals surface area contributed by atoms with Gasteiger partial charge in [-0.05, 0) is 92.3 Å². The molecule has 7 nitrogen and oxygen atoms in total. The van der Waals surface area contributed by atoms with Crippen molar-refractivity contribution in [3.8, 4) is 0 Å². The van der Waals surface area contributed by atoms with Gasteiger partial charge in [-0.25, -0.2) is 8.42 Å². The zero-order chi connectivity index (χ0) is 30.2. The highest BCUT2D eigenvalue weighted by atomic mass is 35.5. The molecule has 1 atom stereocenters. The molecule has 0 saturated carbocycles. The summed E-state index contributed by atoms with van der Waals surface area (Å²) in [6.45, 7) is 9.89. The average Bonchev–Trinajstić information content (AvgIpc) is 2.94. The second-order valence-electron chi connectivity index (χ2n) is 10.3. The third kappa shape index (κ3) is 8.11. The first-order valence-corrected chi connectivity index (χ1v) is 15.8. The summed E-state index contributed by atoms with van der Waals surface area (Å²) >= 11 is 6.03. The standard InChI is InChI=1S/C32H40ClN3O4S/c1-6-8-19-34-32(38)30(7-2)35(21-26-12-10-9-11-24(26)4)31(37)22-36(28-16-13-23(3)25(5)20-28)41(39,40)29-17-14-27(33)15-18-29/h9-18,20,30H,6-8,19,21-22H2,1-5H3,(H,34,38). The monoisotopic (exact) mass is 597 g/mol. The summed E-state index contributed by atoms with van der Waals surface area (Å²) in [5.41, 5.74) is 4.13. The van der Waals surface area contributed by atoms with E-state index in [0.29, 0.717) is 23.7 Å². The number of nitrogens with zero attached hydrogens (tertiary/aromatic N) is 2. The molecule has 3 aromatic rings. The molecule has 0 saturated heterocycles. The van der Waals surface area contributed by atoms with Gasteiger partial charge in [-0.3, -0.25) is 13.9 Å². The molecule has 0 heterocycles. The molecule has 0 spiro atoms. The van der Waals surface area contributed by atoms with Gasteiger partial charge in [-0.1, -0.05) is 62.2 Å². The van der Waals surface area contributed by atoms with Gasteiger partial charge in [0.2, 0.25) is 11.8 Å². The second kappa shape index (κ2) is 14.5. The maximum absolute atomic E-state index is 14.2. The van der Waals surface area contributed by atoms with E-state index < -0.39 is 28.5 Å². The molecule has 41 heavy (non-hydrogen) atoms. The summed E-state index contributed by atoms with van der Waals surface area (Å²) in [5.74, 6) is -0.720. The number of hydrogen-bond acceptors (Lipinski definition) is 4. The normalized spacial score (nSPS) is 12.0. The first kappa shape index (κ1) is 32.2. The van der Waals surface area contributed by atoms with Gasteiger partial charge >= 0.3 is 0 Å². The zero-order valence-electron chi connectivity index (χ0n) is 24.5. The number of halogens is 1. The van der Waals surface area contributed by atoms with Crippen molar-refractivity contribution < 1.29 is 18.0 Å². The van der Waals surface area contributed by atoms with E-state index >= 15 is 0 Å². The lowest BCUT2D eigenvalue weighted by Gasteiger charge is -2.33. The number of hydrogen-bond donors (Lipinski definition) is 1. The van der Waals surface area contributed by atoms with Crippen LogP contribution in [0.4, 0.5) is 5.69 Å². The Balaban J connectivity index is 2.07. The zero-order valence-corrected chi connectivity index (χ0v) is 26.1. The van der Waals surface area contributed by atoms with Gasteiger partial charge in [0, 0.05) is 18.1 Å². The summed E-state index contributed by atoms with van der Waals surface area (Å²) < 4.78 is 29.1. The summed E-state index contributed by atoms with van der Waals surface area (Å²) in [6.07, 6.45) is 2.13. The Morgan fingerprint density at radius 1 is 0.902 bits per heavy atom. The molecular weight excluding hydrogens is 558 g/mol. The van der Waals surface area contributed by atoms with Crippen LogP contribution in [-0.4, -0.2) is 44.3 Å². The molecule has 0 bridgehead atoms. The Hall–Kier alpha value is -3.36. The quantitative estimate of drug-likeness (QED) is 0.238. The van der Waals surface area contributed by atoms with Crippen LogP contribution in [0.25, 0.3) is 0 Å².